The van der Waals surface area contributed by atoms with Crippen LogP contribution in [-0.2, 0) is 11.2 Å². The molecule has 0 bridgehead atoms. The molecule has 1 saturated carbocycles. The van der Waals surface area contributed by atoms with E-state index in [1.807, 2.05) is 12.1 Å². The van der Waals surface area contributed by atoms with Gasteiger partial charge in [0.2, 0.25) is 0 Å². The molecule has 2 unspecified atom stereocenters. The van der Waals surface area contributed by atoms with Crippen LogP contribution in [0.5, 0.6) is 5.75 Å². The van der Waals surface area contributed by atoms with E-state index < -0.39 is 12.0 Å². The number of carboxylic acid groups (broad SMARTS) is 1. The number of rotatable bonds is 5. The van der Waals surface area contributed by atoms with Gasteiger partial charge in [-0.15, -0.1) is 0 Å². The van der Waals surface area contributed by atoms with Crippen molar-refractivity contribution in [1.29, 1.82) is 0 Å². The minimum absolute atomic E-state index is 0.0323. The zero-order chi connectivity index (χ0) is 13.4. The van der Waals surface area contributed by atoms with Crippen LogP contribution < -0.4 is 10.1 Å². The summed E-state index contributed by atoms with van der Waals surface area (Å²) in [6, 6.07) is 5.55. The molecule has 1 aromatic carbocycles. The summed E-state index contributed by atoms with van der Waals surface area (Å²) in [6.07, 6.45) is 2.90. The van der Waals surface area contributed by atoms with Crippen LogP contribution in [0.1, 0.15) is 18.4 Å². The van der Waals surface area contributed by atoms with Crippen molar-refractivity contribution in [3.8, 4) is 5.75 Å². The van der Waals surface area contributed by atoms with E-state index in [1.165, 1.54) is 5.56 Å². The topological polar surface area (TPSA) is 58.6 Å². The van der Waals surface area contributed by atoms with E-state index in [0.717, 1.165) is 29.5 Å². The molecule has 5 heteroatoms. The number of nitrogens with one attached hydrogen (secondary N) is 1. The predicted octanol–water partition coefficient (Wildman–Crippen LogP) is 2.21. The molecule has 19 heavy (non-hydrogen) atoms. The molecule has 1 aromatic rings. The van der Waals surface area contributed by atoms with Crippen LogP contribution in [0.25, 0.3) is 0 Å². The lowest BCUT2D eigenvalue weighted by Gasteiger charge is -2.17. The van der Waals surface area contributed by atoms with Gasteiger partial charge in [0, 0.05) is 17.4 Å². The highest BCUT2D eigenvalue weighted by molar-refractivity contribution is 9.10. The molecule has 0 spiro atoms. The summed E-state index contributed by atoms with van der Waals surface area (Å²) in [6.45, 7) is 0.583. The smallest absolute Gasteiger partial charge is 0.320 e. The van der Waals surface area contributed by atoms with Gasteiger partial charge >= 0.3 is 5.97 Å². The third-order valence-corrected chi connectivity index (χ3v) is 4.18. The molecule has 0 aromatic heterocycles. The molecular weight excluding hydrogens is 310 g/mol. The van der Waals surface area contributed by atoms with Crippen molar-refractivity contribution in [2.24, 2.45) is 5.92 Å². The summed E-state index contributed by atoms with van der Waals surface area (Å²) < 4.78 is 6.86. The Labute approximate surface area is 120 Å². The number of carboxylic acids is 1. The number of ether oxygens (including phenoxy) is 1. The SMILES string of the molecule is O=C(O)C(NCC1Cc2cc(Br)ccc2O1)C1CC1. The van der Waals surface area contributed by atoms with E-state index >= 15 is 0 Å². The molecule has 2 aliphatic rings. The summed E-state index contributed by atoms with van der Waals surface area (Å²) in [5, 5.41) is 12.3. The van der Waals surface area contributed by atoms with Gasteiger partial charge in [0.05, 0.1) is 0 Å². The minimum Gasteiger partial charge on any atom is -0.488 e. The van der Waals surface area contributed by atoms with Gasteiger partial charge in [-0.3, -0.25) is 4.79 Å². The average molecular weight is 326 g/mol. The molecule has 1 fully saturated rings. The maximum Gasteiger partial charge on any atom is 0.320 e. The monoisotopic (exact) mass is 325 g/mol. The second kappa shape index (κ2) is 5.13. The van der Waals surface area contributed by atoms with Crippen LogP contribution in [0.3, 0.4) is 0 Å². The Morgan fingerprint density at radius 2 is 2.32 bits per heavy atom. The summed E-state index contributed by atoms with van der Waals surface area (Å²) in [5.41, 5.74) is 1.18. The Morgan fingerprint density at radius 1 is 1.53 bits per heavy atom. The van der Waals surface area contributed by atoms with Gasteiger partial charge in [-0.05, 0) is 42.5 Å². The largest absolute Gasteiger partial charge is 0.488 e. The Balaban J connectivity index is 1.57. The lowest BCUT2D eigenvalue weighted by molar-refractivity contribution is -0.140. The van der Waals surface area contributed by atoms with Gasteiger partial charge in [-0.2, -0.15) is 0 Å². The number of hydrogen-bond acceptors (Lipinski definition) is 3. The first-order valence-electron chi connectivity index (χ1n) is 6.55. The Morgan fingerprint density at radius 3 is 3.00 bits per heavy atom. The normalized spacial score (nSPS) is 22.7. The highest BCUT2D eigenvalue weighted by Gasteiger charge is 2.36. The fourth-order valence-corrected chi connectivity index (χ4v) is 2.95. The third kappa shape index (κ3) is 2.92. The van der Waals surface area contributed by atoms with Crippen LogP contribution in [0.15, 0.2) is 22.7 Å². The van der Waals surface area contributed by atoms with E-state index in [-0.39, 0.29) is 6.10 Å². The van der Waals surface area contributed by atoms with Crippen molar-refractivity contribution >= 4 is 21.9 Å². The quantitative estimate of drug-likeness (QED) is 0.871. The number of aliphatic carboxylic acids is 1. The minimum atomic E-state index is -0.749. The first-order chi connectivity index (χ1) is 9.13. The van der Waals surface area contributed by atoms with E-state index in [2.05, 4.69) is 27.3 Å². The van der Waals surface area contributed by atoms with Gasteiger partial charge in [-0.1, -0.05) is 15.9 Å². The number of carbonyl (C=O) groups is 1. The number of halogens is 1. The van der Waals surface area contributed by atoms with E-state index in [9.17, 15) is 4.79 Å². The molecule has 102 valence electrons. The lowest BCUT2D eigenvalue weighted by atomic mass is 10.1. The fraction of sp³-hybridized carbons (Fsp3) is 0.500. The first-order valence-corrected chi connectivity index (χ1v) is 7.34. The van der Waals surface area contributed by atoms with Gasteiger partial charge in [0.15, 0.2) is 0 Å². The Hall–Kier alpha value is -1.07. The molecule has 1 heterocycles. The molecule has 4 nitrogen and oxygen atoms in total. The highest BCUT2D eigenvalue weighted by Crippen LogP contribution is 2.34. The van der Waals surface area contributed by atoms with Crippen molar-refractivity contribution in [3.05, 3.63) is 28.2 Å². The Kier molecular flexibility index (Phi) is 3.50. The van der Waals surface area contributed by atoms with E-state index in [0.29, 0.717) is 12.5 Å². The van der Waals surface area contributed by atoms with Crippen molar-refractivity contribution < 1.29 is 14.6 Å². The second-order valence-corrected chi connectivity index (χ2v) is 6.17. The van der Waals surface area contributed by atoms with Crippen LogP contribution >= 0.6 is 15.9 Å². The third-order valence-electron chi connectivity index (χ3n) is 3.69. The summed E-state index contributed by atoms with van der Waals surface area (Å²) in [4.78, 5) is 11.1. The second-order valence-electron chi connectivity index (χ2n) is 5.26. The lowest BCUT2D eigenvalue weighted by Crippen LogP contribution is -2.43. The zero-order valence-corrected chi connectivity index (χ0v) is 12.0. The molecular formula is C14H16BrNO3. The van der Waals surface area contributed by atoms with Crippen LogP contribution in [0.4, 0.5) is 0 Å². The molecule has 0 saturated heterocycles. The Bertz CT molecular complexity index is 501. The van der Waals surface area contributed by atoms with Gasteiger partial charge in [-0.25, -0.2) is 0 Å². The molecule has 2 atom stereocenters. The maximum absolute atomic E-state index is 11.1. The van der Waals surface area contributed by atoms with Gasteiger partial charge in [0.1, 0.15) is 17.9 Å². The van der Waals surface area contributed by atoms with E-state index in [1.54, 1.807) is 0 Å². The fourth-order valence-electron chi connectivity index (χ4n) is 2.55. The average Bonchev–Trinajstić information content (AvgIpc) is 3.09. The standard InChI is InChI=1S/C14H16BrNO3/c15-10-3-4-12-9(5-10)6-11(19-12)7-16-13(14(17)18)8-1-2-8/h3-5,8,11,13,16H,1-2,6-7H2,(H,17,18). The van der Waals surface area contributed by atoms with Gasteiger partial charge < -0.3 is 15.2 Å². The zero-order valence-electron chi connectivity index (χ0n) is 10.4. The molecule has 3 rings (SSSR count). The van der Waals surface area contributed by atoms with Crippen molar-refractivity contribution in [3.63, 3.8) is 0 Å². The molecule has 1 aliphatic carbocycles. The summed E-state index contributed by atoms with van der Waals surface area (Å²) >= 11 is 3.44. The van der Waals surface area contributed by atoms with E-state index in [4.69, 9.17) is 9.84 Å². The number of hydrogen-bond donors (Lipinski definition) is 2. The molecule has 0 amide bonds. The van der Waals surface area contributed by atoms with Gasteiger partial charge in [0.25, 0.3) is 0 Å². The first kappa shape index (κ1) is 12.9. The number of benzene rings is 1. The molecule has 2 N–H and O–H groups in total. The summed E-state index contributed by atoms with van der Waals surface area (Å²) in [5.74, 6) is 0.462. The van der Waals surface area contributed by atoms with Crippen molar-refractivity contribution in [2.45, 2.75) is 31.4 Å². The van der Waals surface area contributed by atoms with Crippen molar-refractivity contribution in [2.75, 3.05) is 6.54 Å². The van der Waals surface area contributed by atoms with Crippen LogP contribution in [-0.4, -0.2) is 29.8 Å². The summed E-state index contributed by atoms with van der Waals surface area (Å²) in [7, 11) is 0. The maximum atomic E-state index is 11.1. The predicted molar refractivity (Wildman–Crippen MR) is 74.4 cm³/mol. The van der Waals surface area contributed by atoms with Crippen molar-refractivity contribution in [1.82, 2.24) is 5.32 Å². The van der Waals surface area contributed by atoms with Crippen LogP contribution in [0, 0.1) is 5.92 Å². The number of fused-ring (bicyclic) bond motifs is 1. The highest BCUT2D eigenvalue weighted by atomic mass is 79.9. The molecule has 0 radical (unpaired) electrons. The van der Waals surface area contributed by atoms with Crippen LogP contribution in [0.2, 0.25) is 0 Å². The molecule has 1 aliphatic heterocycles.